The molecule has 0 radical (unpaired) electrons. The summed E-state index contributed by atoms with van der Waals surface area (Å²) < 4.78 is 4.96. The molecule has 0 heterocycles. The number of aromatic hydroxyl groups is 1. The van der Waals surface area contributed by atoms with Crippen LogP contribution in [0.2, 0.25) is 0 Å². The minimum atomic E-state index is 0.185. The van der Waals surface area contributed by atoms with Crippen LogP contribution in [0.4, 0.5) is 5.69 Å². The van der Waals surface area contributed by atoms with Crippen LogP contribution in [0.5, 0.6) is 11.5 Å². The van der Waals surface area contributed by atoms with Crippen LogP contribution in [0, 0.1) is 0 Å². The van der Waals surface area contributed by atoms with Gasteiger partial charge in [-0.05, 0) is 12.1 Å². The first-order valence-electron chi connectivity index (χ1n) is 3.99. The van der Waals surface area contributed by atoms with Gasteiger partial charge in [-0.2, -0.15) is 0 Å². The highest BCUT2D eigenvalue weighted by Crippen LogP contribution is 2.34. The maximum atomic E-state index is 9.59. The maximum Gasteiger partial charge on any atom is 0.181 e. The number of hydrogen-bond acceptors (Lipinski definition) is 4. The molecule has 14 heavy (non-hydrogen) atoms. The van der Waals surface area contributed by atoms with Crippen LogP contribution in [0.3, 0.4) is 0 Å². The first kappa shape index (κ1) is 12.3. The number of carbonyl (C=O) groups excluding carboxylic acids is 1. The minimum absolute atomic E-state index is 0.185. The molecule has 78 valence electrons. The van der Waals surface area contributed by atoms with Gasteiger partial charge in [-0.1, -0.05) is 6.07 Å². The molecule has 1 aromatic rings. The van der Waals surface area contributed by atoms with Crippen molar-refractivity contribution in [1.82, 2.24) is 0 Å². The van der Waals surface area contributed by atoms with Crippen molar-refractivity contribution in [1.29, 1.82) is 0 Å². The number of phenolic OH excluding ortho intramolecular Hbond substituents is 1. The highest BCUT2D eigenvalue weighted by Gasteiger charge is 2.07. The second-order valence-corrected chi connectivity index (χ2v) is 2.72. The normalized spacial score (nSPS) is 8.50. The number of anilines is 1. The highest BCUT2D eigenvalue weighted by molar-refractivity contribution is 5.63. The Morgan fingerprint density at radius 1 is 1.36 bits per heavy atom. The highest BCUT2D eigenvalue weighted by atomic mass is 16.5. The van der Waals surface area contributed by atoms with Crippen LogP contribution < -0.4 is 9.64 Å². The number of phenols is 1. The van der Waals surface area contributed by atoms with E-state index in [1.807, 2.05) is 37.9 Å². The molecule has 0 aliphatic heterocycles. The predicted octanol–water partition coefficient (Wildman–Crippen LogP) is 1.28. The summed E-state index contributed by atoms with van der Waals surface area (Å²) in [6.07, 6.45) is 0. The second kappa shape index (κ2) is 5.85. The van der Waals surface area contributed by atoms with Gasteiger partial charge in [-0.15, -0.1) is 0 Å². The molecule has 1 rings (SSSR count). The summed E-state index contributed by atoms with van der Waals surface area (Å²) in [5, 5.41) is 9.59. The number of para-hydroxylation sites is 1. The fourth-order valence-electron chi connectivity index (χ4n) is 1.04. The molecule has 4 heteroatoms. The third-order valence-corrected chi connectivity index (χ3v) is 1.68. The molecular formula is C10H15NO3. The van der Waals surface area contributed by atoms with E-state index < -0.39 is 0 Å². The Kier molecular flexibility index (Phi) is 5.14. The van der Waals surface area contributed by atoms with Gasteiger partial charge >= 0.3 is 0 Å². The monoisotopic (exact) mass is 197 g/mol. The zero-order valence-electron chi connectivity index (χ0n) is 8.65. The van der Waals surface area contributed by atoms with Crippen molar-refractivity contribution in [3.05, 3.63) is 18.2 Å². The van der Waals surface area contributed by atoms with Gasteiger partial charge < -0.3 is 19.5 Å². The van der Waals surface area contributed by atoms with Crippen molar-refractivity contribution in [3.63, 3.8) is 0 Å². The molecule has 0 spiro atoms. The topological polar surface area (TPSA) is 49.8 Å². The predicted molar refractivity (Wildman–Crippen MR) is 56.1 cm³/mol. The van der Waals surface area contributed by atoms with Gasteiger partial charge in [0.25, 0.3) is 0 Å². The summed E-state index contributed by atoms with van der Waals surface area (Å²) in [5.41, 5.74) is 0.759. The first-order valence-corrected chi connectivity index (χ1v) is 3.99. The Balaban J connectivity index is 0.000000791. The smallest absolute Gasteiger partial charge is 0.181 e. The third-order valence-electron chi connectivity index (χ3n) is 1.68. The molecule has 0 atom stereocenters. The molecule has 0 aromatic heterocycles. The van der Waals surface area contributed by atoms with E-state index in [0.717, 1.165) is 5.69 Å². The first-order chi connectivity index (χ1) is 6.66. The van der Waals surface area contributed by atoms with Crippen molar-refractivity contribution in [2.75, 3.05) is 26.1 Å². The van der Waals surface area contributed by atoms with Crippen molar-refractivity contribution in [3.8, 4) is 11.5 Å². The summed E-state index contributed by atoms with van der Waals surface area (Å²) in [5.74, 6) is 0.686. The molecule has 0 saturated carbocycles. The Morgan fingerprint density at radius 3 is 2.36 bits per heavy atom. The quantitative estimate of drug-likeness (QED) is 0.776. The van der Waals surface area contributed by atoms with Gasteiger partial charge in [0, 0.05) is 14.1 Å². The van der Waals surface area contributed by atoms with E-state index in [0.29, 0.717) is 5.75 Å². The second-order valence-electron chi connectivity index (χ2n) is 2.72. The molecule has 0 bridgehead atoms. The van der Waals surface area contributed by atoms with E-state index in [1.54, 1.807) is 6.07 Å². The van der Waals surface area contributed by atoms with Crippen molar-refractivity contribution < 1.29 is 14.6 Å². The molecule has 0 aliphatic carbocycles. The van der Waals surface area contributed by atoms with Crippen molar-refractivity contribution in [2.24, 2.45) is 0 Å². The van der Waals surface area contributed by atoms with Crippen LogP contribution in [-0.4, -0.2) is 33.1 Å². The number of benzene rings is 1. The van der Waals surface area contributed by atoms with Gasteiger partial charge in [0.05, 0.1) is 12.8 Å². The van der Waals surface area contributed by atoms with Crippen LogP contribution in [0.1, 0.15) is 0 Å². The van der Waals surface area contributed by atoms with Crippen molar-refractivity contribution in [2.45, 2.75) is 0 Å². The maximum absolute atomic E-state index is 9.59. The zero-order valence-corrected chi connectivity index (χ0v) is 8.65. The molecule has 0 amide bonds. The average Bonchev–Trinajstić information content (AvgIpc) is 2.21. The number of rotatable bonds is 2. The van der Waals surface area contributed by atoms with Gasteiger partial charge in [-0.25, -0.2) is 0 Å². The Morgan fingerprint density at radius 2 is 1.93 bits per heavy atom. The van der Waals surface area contributed by atoms with E-state index in [2.05, 4.69) is 0 Å². The summed E-state index contributed by atoms with van der Waals surface area (Å²) >= 11 is 0. The molecule has 0 saturated heterocycles. The van der Waals surface area contributed by atoms with E-state index in [4.69, 9.17) is 9.53 Å². The van der Waals surface area contributed by atoms with Gasteiger partial charge in [0.1, 0.15) is 6.79 Å². The largest absolute Gasteiger partial charge is 0.503 e. The number of carbonyl (C=O) groups is 1. The molecule has 4 nitrogen and oxygen atoms in total. The molecule has 0 aliphatic rings. The lowest BCUT2D eigenvalue weighted by atomic mass is 10.2. The van der Waals surface area contributed by atoms with E-state index >= 15 is 0 Å². The third kappa shape index (κ3) is 2.65. The molecule has 0 unspecified atom stereocenters. The minimum Gasteiger partial charge on any atom is -0.503 e. The fraction of sp³-hybridized carbons (Fsp3) is 0.300. The Hall–Kier alpha value is -1.71. The van der Waals surface area contributed by atoms with E-state index in [-0.39, 0.29) is 5.75 Å². The lowest BCUT2D eigenvalue weighted by Crippen LogP contribution is -2.08. The van der Waals surface area contributed by atoms with Crippen LogP contribution >= 0.6 is 0 Å². The molecule has 0 fully saturated rings. The molecular weight excluding hydrogens is 182 g/mol. The average molecular weight is 197 g/mol. The summed E-state index contributed by atoms with van der Waals surface area (Å²) in [6.45, 7) is 2.00. The Labute approximate surface area is 83.7 Å². The summed E-state index contributed by atoms with van der Waals surface area (Å²) in [4.78, 5) is 9.83. The number of ether oxygens (including phenoxy) is 1. The summed E-state index contributed by atoms with van der Waals surface area (Å²) in [6, 6.07) is 5.40. The van der Waals surface area contributed by atoms with Crippen LogP contribution in [0.25, 0.3) is 0 Å². The number of nitrogens with zero attached hydrogens (tertiary/aromatic N) is 1. The fourth-order valence-corrected chi connectivity index (χ4v) is 1.04. The molecule has 1 aromatic carbocycles. The number of hydrogen-bond donors (Lipinski definition) is 1. The molecule has 1 N–H and O–H groups in total. The van der Waals surface area contributed by atoms with Crippen LogP contribution in [0.15, 0.2) is 18.2 Å². The summed E-state index contributed by atoms with van der Waals surface area (Å²) in [7, 11) is 5.28. The van der Waals surface area contributed by atoms with Crippen LogP contribution in [-0.2, 0) is 4.79 Å². The zero-order chi connectivity index (χ0) is 11.1. The lowest BCUT2D eigenvalue weighted by molar-refractivity contribution is -0.0979. The lowest BCUT2D eigenvalue weighted by Gasteiger charge is -2.15. The van der Waals surface area contributed by atoms with E-state index in [1.165, 1.54) is 7.11 Å². The van der Waals surface area contributed by atoms with Gasteiger partial charge in [0.2, 0.25) is 0 Å². The van der Waals surface area contributed by atoms with E-state index in [9.17, 15) is 5.11 Å². The number of methoxy groups -OCH3 is 1. The van der Waals surface area contributed by atoms with Crippen molar-refractivity contribution >= 4 is 12.5 Å². The standard InChI is InChI=1S/C9H13NO2.CH2O/c1-10(2)7-5-4-6-8(12-3)9(7)11;1-2/h4-6,11H,1-3H3;1H2. The van der Waals surface area contributed by atoms with Gasteiger partial charge in [-0.3, -0.25) is 0 Å². The SMILES string of the molecule is C=O.COc1cccc(N(C)C)c1O. The Bertz CT molecular complexity index is 287. The van der Waals surface area contributed by atoms with Gasteiger partial charge in [0.15, 0.2) is 11.5 Å².